The number of nitrogens with one attached hydrogen (secondary N) is 1. The maximum atomic E-state index is 14.4. The smallest absolute Gasteiger partial charge is 0.248 e. The fourth-order valence-corrected chi connectivity index (χ4v) is 3.97. The van der Waals surface area contributed by atoms with Crippen molar-refractivity contribution < 1.29 is 14.0 Å². The third-order valence-electron chi connectivity index (χ3n) is 5.38. The number of hydrogen-bond acceptors (Lipinski definition) is 3. The average Bonchev–Trinajstić information content (AvgIpc) is 2.70. The van der Waals surface area contributed by atoms with Crippen molar-refractivity contribution in [2.45, 2.75) is 25.7 Å². The Balaban J connectivity index is 1.74. The zero-order chi connectivity index (χ0) is 20.1. The van der Waals surface area contributed by atoms with E-state index in [1.54, 1.807) is 12.1 Å². The molecule has 1 unspecified atom stereocenters. The van der Waals surface area contributed by atoms with E-state index in [0.717, 1.165) is 18.4 Å². The van der Waals surface area contributed by atoms with Gasteiger partial charge in [-0.3, -0.25) is 9.59 Å². The molecule has 1 heterocycles. The molecule has 0 bridgehead atoms. The van der Waals surface area contributed by atoms with E-state index >= 15 is 0 Å². The zero-order valence-electron chi connectivity index (χ0n) is 16.0. The number of halogens is 1. The molecule has 148 valence electrons. The molecular weight excluding hydrogens is 357 g/mol. The molecule has 3 rings (SSSR count). The molecule has 1 saturated heterocycles. The lowest BCUT2D eigenvalue weighted by Crippen LogP contribution is -2.40. The topological polar surface area (TPSA) is 75.4 Å². The number of amides is 2. The van der Waals surface area contributed by atoms with Crippen LogP contribution >= 0.6 is 0 Å². The van der Waals surface area contributed by atoms with Crippen molar-refractivity contribution in [1.29, 1.82) is 0 Å². The third kappa shape index (κ3) is 4.32. The first kappa shape index (κ1) is 19.9. The number of benzene rings is 2. The summed E-state index contributed by atoms with van der Waals surface area (Å²) in [5.41, 5.74) is 6.86. The summed E-state index contributed by atoms with van der Waals surface area (Å²) in [7, 11) is 0. The van der Waals surface area contributed by atoms with Crippen LogP contribution < -0.4 is 16.0 Å². The minimum absolute atomic E-state index is 0.0455. The normalized spacial score (nSPS) is 15.9. The van der Waals surface area contributed by atoms with Crippen LogP contribution in [0.25, 0.3) is 0 Å². The van der Waals surface area contributed by atoms with Crippen LogP contribution in [0, 0.1) is 11.7 Å². The average molecular weight is 383 g/mol. The van der Waals surface area contributed by atoms with Gasteiger partial charge >= 0.3 is 0 Å². The lowest BCUT2D eigenvalue weighted by Gasteiger charge is -2.37. The van der Waals surface area contributed by atoms with Crippen molar-refractivity contribution in [3.8, 4) is 0 Å². The summed E-state index contributed by atoms with van der Waals surface area (Å²) in [5, 5.41) is 2.95. The van der Waals surface area contributed by atoms with Crippen LogP contribution in [-0.4, -0.2) is 31.4 Å². The van der Waals surface area contributed by atoms with Gasteiger partial charge in [0.25, 0.3) is 0 Å². The molecule has 2 aromatic rings. The summed E-state index contributed by atoms with van der Waals surface area (Å²) in [4.78, 5) is 25.9. The fraction of sp³-hybridized carbons (Fsp3) is 0.364. The Kier molecular flexibility index (Phi) is 6.29. The highest BCUT2D eigenvalue weighted by atomic mass is 19.1. The van der Waals surface area contributed by atoms with E-state index < -0.39 is 11.7 Å². The minimum Gasteiger partial charge on any atom is -0.369 e. The predicted octanol–water partition coefficient (Wildman–Crippen LogP) is 3.06. The third-order valence-corrected chi connectivity index (χ3v) is 5.38. The van der Waals surface area contributed by atoms with Gasteiger partial charge in [-0.15, -0.1) is 0 Å². The Labute approximate surface area is 164 Å². The van der Waals surface area contributed by atoms with Gasteiger partial charge in [0.1, 0.15) is 5.82 Å². The molecule has 1 aliphatic heterocycles. The molecule has 28 heavy (non-hydrogen) atoms. The molecule has 0 spiro atoms. The van der Waals surface area contributed by atoms with Gasteiger partial charge < -0.3 is 16.0 Å². The van der Waals surface area contributed by atoms with Gasteiger partial charge in [-0.05, 0) is 49.4 Å². The van der Waals surface area contributed by atoms with Crippen LogP contribution in [0.5, 0.6) is 0 Å². The second kappa shape index (κ2) is 8.87. The number of carbonyl (C=O) groups excluding carboxylic acids is 2. The SMILES string of the molecule is CCNC(=O)C(c1ccccc1)C1CCN(c2ccc(C(N)=O)cc2F)CC1. The lowest BCUT2D eigenvalue weighted by atomic mass is 9.79. The van der Waals surface area contributed by atoms with Gasteiger partial charge in [0.15, 0.2) is 0 Å². The molecule has 0 aliphatic carbocycles. The highest BCUT2D eigenvalue weighted by molar-refractivity contribution is 5.93. The lowest BCUT2D eigenvalue weighted by molar-refractivity contribution is -0.123. The molecule has 1 atom stereocenters. The Morgan fingerprint density at radius 1 is 1.18 bits per heavy atom. The first-order valence-electron chi connectivity index (χ1n) is 9.68. The van der Waals surface area contributed by atoms with Gasteiger partial charge in [0.05, 0.1) is 11.6 Å². The Bertz CT molecular complexity index is 833. The number of likely N-dealkylation sites (N-methyl/N-ethyl adjacent to an activating group) is 1. The monoisotopic (exact) mass is 383 g/mol. The fourth-order valence-electron chi connectivity index (χ4n) is 3.97. The van der Waals surface area contributed by atoms with Crippen LogP contribution in [0.3, 0.4) is 0 Å². The highest BCUT2D eigenvalue weighted by Gasteiger charge is 2.33. The summed E-state index contributed by atoms with van der Waals surface area (Å²) in [5.74, 6) is -1.05. The maximum Gasteiger partial charge on any atom is 0.248 e. The summed E-state index contributed by atoms with van der Waals surface area (Å²) >= 11 is 0. The van der Waals surface area contributed by atoms with E-state index in [1.807, 2.05) is 42.2 Å². The minimum atomic E-state index is -0.642. The number of nitrogens with two attached hydrogens (primary N) is 1. The second-order valence-electron chi connectivity index (χ2n) is 7.14. The van der Waals surface area contributed by atoms with Crippen LogP contribution in [0.15, 0.2) is 48.5 Å². The highest BCUT2D eigenvalue weighted by Crippen LogP contribution is 2.35. The first-order valence-corrected chi connectivity index (χ1v) is 9.68. The number of nitrogens with zero attached hydrogens (tertiary/aromatic N) is 1. The molecule has 2 amide bonds. The van der Waals surface area contributed by atoms with Crippen molar-refractivity contribution in [3.63, 3.8) is 0 Å². The summed E-state index contributed by atoms with van der Waals surface area (Å²) in [6.45, 7) is 3.82. The quantitative estimate of drug-likeness (QED) is 0.805. The van der Waals surface area contributed by atoms with Crippen LogP contribution in [0.4, 0.5) is 10.1 Å². The van der Waals surface area contributed by atoms with Crippen molar-refractivity contribution in [2.24, 2.45) is 11.7 Å². The van der Waals surface area contributed by atoms with E-state index in [4.69, 9.17) is 5.73 Å². The molecule has 0 aromatic heterocycles. The number of carbonyl (C=O) groups is 2. The molecule has 1 aliphatic rings. The molecule has 3 N–H and O–H groups in total. The van der Waals surface area contributed by atoms with Crippen molar-refractivity contribution in [3.05, 3.63) is 65.5 Å². The molecule has 0 radical (unpaired) electrons. The predicted molar refractivity (Wildman–Crippen MR) is 108 cm³/mol. The number of rotatable bonds is 6. The molecule has 6 heteroatoms. The van der Waals surface area contributed by atoms with Gasteiger partial charge in [0, 0.05) is 25.2 Å². The molecule has 5 nitrogen and oxygen atoms in total. The Hall–Kier alpha value is -2.89. The zero-order valence-corrected chi connectivity index (χ0v) is 16.0. The second-order valence-corrected chi connectivity index (χ2v) is 7.14. The van der Waals surface area contributed by atoms with Gasteiger partial charge in [-0.1, -0.05) is 30.3 Å². The molecule has 0 saturated carbocycles. The van der Waals surface area contributed by atoms with E-state index in [0.29, 0.717) is 25.3 Å². The van der Waals surface area contributed by atoms with E-state index in [9.17, 15) is 14.0 Å². The maximum absolute atomic E-state index is 14.4. The Morgan fingerprint density at radius 2 is 1.86 bits per heavy atom. The first-order chi connectivity index (χ1) is 13.5. The summed E-state index contributed by atoms with van der Waals surface area (Å²) < 4.78 is 14.4. The molecule has 2 aromatic carbocycles. The van der Waals surface area contributed by atoms with Crippen LogP contribution in [0.2, 0.25) is 0 Å². The number of anilines is 1. The van der Waals surface area contributed by atoms with Crippen molar-refractivity contribution in [1.82, 2.24) is 5.32 Å². The van der Waals surface area contributed by atoms with Crippen LogP contribution in [0.1, 0.15) is 41.6 Å². The van der Waals surface area contributed by atoms with E-state index in [1.165, 1.54) is 6.07 Å². The van der Waals surface area contributed by atoms with Gasteiger partial charge in [-0.2, -0.15) is 0 Å². The van der Waals surface area contributed by atoms with Gasteiger partial charge in [-0.25, -0.2) is 4.39 Å². The Morgan fingerprint density at radius 3 is 2.43 bits per heavy atom. The number of primary amides is 1. The standard InChI is InChI=1S/C22H26FN3O2/c1-2-25-22(28)20(15-6-4-3-5-7-15)16-10-12-26(13-11-16)19-9-8-17(21(24)27)14-18(19)23/h3-9,14,16,20H,2,10-13H2,1H3,(H2,24,27)(H,25,28). The summed E-state index contributed by atoms with van der Waals surface area (Å²) in [6.07, 6.45) is 1.57. The largest absolute Gasteiger partial charge is 0.369 e. The van der Waals surface area contributed by atoms with Gasteiger partial charge in [0.2, 0.25) is 11.8 Å². The number of piperidine rings is 1. The van der Waals surface area contributed by atoms with Crippen molar-refractivity contribution >= 4 is 17.5 Å². The molecule has 1 fully saturated rings. The van der Waals surface area contributed by atoms with Crippen LogP contribution in [-0.2, 0) is 4.79 Å². The van der Waals surface area contributed by atoms with E-state index in [2.05, 4.69) is 5.32 Å². The summed E-state index contributed by atoms with van der Waals surface area (Å²) in [6, 6.07) is 14.2. The molecular formula is C22H26FN3O2. The van der Waals surface area contributed by atoms with E-state index in [-0.39, 0.29) is 23.3 Å². The number of hydrogen-bond donors (Lipinski definition) is 2. The van der Waals surface area contributed by atoms with Crippen molar-refractivity contribution in [2.75, 3.05) is 24.5 Å².